The third-order valence-corrected chi connectivity index (χ3v) is 10.6. The molecule has 0 bridgehead atoms. The van der Waals surface area contributed by atoms with Crippen LogP contribution in [0, 0.1) is 17.8 Å². The summed E-state index contributed by atoms with van der Waals surface area (Å²) in [6, 6.07) is 22.2. The summed E-state index contributed by atoms with van der Waals surface area (Å²) in [6.07, 6.45) is 11.6. The van der Waals surface area contributed by atoms with E-state index in [1.165, 1.54) is 50.2 Å². The third kappa shape index (κ3) is 10.0. The predicted octanol–water partition coefficient (Wildman–Crippen LogP) is 10.6. The lowest BCUT2D eigenvalue weighted by Crippen LogP contribution is -2.25. The quantitative estimate of drug-likeness (QED) is 0.0393. The van der Waals surface area contributed by atoms with Crippen molar-refractivity contribution in [1.82, 2.24) is 4.98 Å². The molecule has 4 aromatic rings. The van der Waals surface area contributed by atoms with Gasteiger partial charge in [0.1, 0.15) is 17.3 Å². The minimum atomic E-state index is -0.417. The lowest BCUT2D eigenvalue weighted by Gasteiger charge is -2.29. The van der Waals surface area contributed by atoms with Crippen molar-refractivity contribution in [3.05, 3.63) is 103 Å². The van der Waals surface area contributed by atoms with Crippen LogP contribution in [0.1, 0.15) is 88.3 Å². The van der Waals surface area contributed by atoms with E-state index in [2.05, 4.69) is 67.6 Å². The van der Waals surface area contributed by atoms with Gasteiger partial charge in [-0.1, -0.05) is 82.7 Å². The van der Waals surface area contributed by atoms with Gasteiger partial charge in [0.15, 0.2) is 0 Å². The van der Waals surface area contributed by atoms with Crippen LogP contribution in [0.25, 0.3) is 16.0 Å². The van der Waals surface area contributed by atoms with Gasteiger partial charge in [-0.05, 0) is 97.5 Å². The number of hydrogen-bond acceptors (Lipinski definition) is 8. The van der Waals surface area contributed by atoms with Gasteiger partial charge in [0.05, 0.1) is 29.6 Å². The average molecular weight is 680 g/mol. The maximum atomic E-state index is 11.6. The fourth-order valence-electron chi connectivity index (χ4n) is 6.37. The van der Waals surface area contributed by atoms with Gasteiger partial charge in [-0.2, -0.15) is 5.10 Å². The van der Waals surface area contributed by atoms with E-state index < -0.39 is 5.97 Å². The van der Waals surface area contributed by atoms with Crippen molar-refractivity contribution in [1.29, 1.82) is 0 Å². The Hall–Kier alpha value is -4.43. The molecular formula is C41H49N3O4S. The Morgan fingerprint density at radius 1 is 1.06 bits per heavy atom. The van der Waals surface area contributed by atoms with Crippen LogP contribution in [0.5, 0.6) is 11.5 Å². The molecule has 0 saturated heterocycles. The van der Waals surface area contributed by atoms with Crippen molar-refractivity contribution in [3.8, 4) is 11.5 Å². The minimum Gasteiger partial charge on any atom is -0.493 e. The fraction of sp³-hybridized carbons (Fsp3) is 0.390. The largest absolute Gasteiger partial charge is 0.493 e. The Kier molecular flexibility index (Phi) is 13.0. The third-order valence-electron chi connectivity index (χ3n) is 9.64. The van der Waals surface area contributed by atoms with E-state index in [1.54, 1.807) is 11.3 Å². The number of fused-ring (bicyclic) bond motifs is 1. The van der Waals surface area contributed by atoms with Gasteiger partial charge in [0.25, 0.3) is 0 Å². The summed E-state index contributed by atoms with van der Waals surface area (Å²) >= 11 is 1.57. The molecule has 7 nitrogen and oxygen atoms in total. The van der Waals surface area contributed by atoms with Crippen molar-refractivity contribution in [2.45, 2.75) is 71.6 Å². The Morgan fingerprint density at radius 3 is 2.55 bits per heavy atom. The first-order valence-electron chi connectivity index (χ1n) is 17.5. The summed E-state index contributed by atoms with van der Waals surface area (Å²) in [5.74, 6) is 3.33. The Morgan fingerprint density at radius 2 is 1.84 bits per heavy atom. The monoisotopic (exact) mass is 679 g/mol. The summed E-state index contributed by atoms with van der Waals surface area (Å²) in [7, 11) is 0. The predicted molar refractivity (Wildman–Crippen MR) is 203 cm³/mol. The van der Waals surface area contributed by atoms with Crippen LogP contribution in [-0.2, 0) is 9.53 Å². The summed E-state index contributed by atoms with van der Waals surface area (Å²) in [5, 5.41) is 5.32. The first-order valence-corrected chi connectivity index (χ1v) is 18.4. The Bertz CT molecular complexity index is 1690. The first kappa shape index (κ1) is 35.9. The highest BCUT2D eigenvalue weighted by Crippen LogP contribution is 2.39. The number of hydrogen-bond donors (Lipinski definition) is 1. The van der Waals surface area contributed by atoms with Crippen molar-refractivity contribution in [3.63, 3.8) is 0 Å². The molecule has 0 amide bonds. The van der Waals surface area contributed by atoms with Gasteiger partial charge in [-0.3, -0.25) is 5.43 Å². The van der Waals surface area contributed by atoms with E-state index in [1.807, 2.05) is 54.7 Å². The van der Waals surface area contributed by atoms with Crippen LogP contribution in [-0.4, -0.2) is 30.4 Å². The highest BCUT2D eigenvalue weighted by atomic mass is 32.1. The number of carbonyl (C=O) groups excluding carboxylic acids is 1. The van der Waals surface area contributed by atoms with E-state index in [4.69, 9.17) is 14.2 Å². The smallest absolute Gasteiger partial charge is 0.330 e. The number of rotatable bonds is 17. The maximum Gasteiger partial charge on any atom is 0.330 e. The van der Waals surface area contributed by atoms with Crippen LogP contribution in [0.2, 0.25) is 0 Å². The van der Waals surface area contributed by atoms with E-state index in [9.17, 15) is 4.79 Å². The normalized spacial score (nSPS) is 17.4. The van der Waals surface area contributed by atoms with Gasteiger partial charge in [-0.15, -0.1) is 0 Å². The molecule has 8 heteroatoms. The molecule has 1 aromatic heterocycles. The maximum absolute atomic E-state index is 11.6. The molecule has 5 rings (SSSR count). The number of nitrogens with one attached hydrogen (secondary N) is 1. The number of carbonyl (C=O) groups is 1. The van der Waals surface area contributed by atoms with Gasteiger partial charge < -0.3 is 14.2 Å². The Balaban J connectivity index is 1.27. The molecule has 1 aliphatic carbocycles. The van der Waals surface area contributed by atoms with E-state index >= 15 is 0 Å². The molecular weight excluding hydrogens is 631 g/mol. The highest BCUT2D eigenvalue weighted by Gasteiger charge is 2.23. The van der Waals surface area contributed by atoms with Crippen LogP contribution in [0.3, 0.4) is 0 Å². The number of hydrazone groups is 1. The van der Waals surface area contributed by atoms with Gasteiger partial charge >= 0.3 is 5.97 Å². The second-order valence-electron chi connectivity index (χ2n) is 13.0. The number of thiazole rings is 1. The van der Waals surface area contributed by atoms with Gasteiger partial charge in [-0.25, -0.2) is 9.78 Å². The Labute approximate surface area is 295 Å². The number of aromatic nitrogens is 1. The van der Waals surface area contributed by atoms with Crippen LogP contribution in [0.15, 0.2) is 91.1 Å². The molecule has 49 heavy (non-hydrogen) atoms. The topological polar surface area (TPSA) is 82.0 Å². The molecule has 258 valence electrons. The summed E-state index contributed by atoms with van der Waals surface area (Å²) in [4.78, 5) is 16.2. The van der Waals surface area contributed by atoms with E-state index in [-0.39, 0.29) is 5.92 Å². The molecule has 0 aliphatic heterocycles. The van der Waals surface area contributed by atoms with Crippen molar-refractivity contribution in [2.75, 3.05) is 18.6 Å². The van der Waals surface area contributed by atoms with Crippen molar-refractivity contribution in [2.24, 2.45) is 22.9 Å². The summed E-state index contributed by atoms with van der Waals surface area (Å²) in [6.45, 7) is 15.0. The van der Waals surface area contributed by atoms with E-state index in [0.29, 0.717) is 36.6 Å². The lowest BCUT2D eigenvalue weighted by molar-refractivity contribution is -0.140. The van der Waals surface area contributed by atoms with Gasteiger partial charge in [0, 0.05) is 23.1 Å². The van der Waals surface area contributed by atoms with Gasteiger partial charge in [0.2, 0.25) is 5.13 Å². The number of anilines is 1. The standard InChI is InChI=1S/C41H49N3O4S/c1-6-11-30-14-16-32(17-15-30)33-20-23-38(34(24-33)25-42-44-41-43-37-12-9-10-13-39(37)49-41)48-29(5)31-18-21-36(22-19-31)46-26-35(28(4)7-2)27-47-40(45)8-3/h8-10,12-13,18-25,28,30,32,35H,3,5-7,11,14-17,26-27H2,1-2,4H3,(H,43,44)/b42-25+. The van der Waals surface area contributed by atoms with E-state index in [0.717, 1.165) is 44.6 Å². The van der Waals surface area contributed by atoms with Crippen LogP contribution in [0.4, 0.5) is 5.13 Å². The highest BCUT2D eigenvalue weighted by molar-refractivity contribution is 7.22. The SMILES string of the molecule is C=CC(=O)OCC(COc1ccc(C(=C)Oc2ccc(C3CCC(CCC)CC3)cc2/C=N/Nc2nc3ccccc3s2)cc1)C(C)CC. The van der Waals surface area contributed by atoms with Crippen LogP contribution < -0.4 is 14.9 Å². The fourth-order valence-corrected chi connectivity index (χ4v) is 7.19. The second-order valence-corrected chi connectivity index (χ2v) is 14.0. The molecule has 1 aliphatic rings. The molecule has 0 radical (unpaired) electrons. The number of benzene rings is 3. The lowest BCUT2D eigenvalue weighted by atomic mass is 9.77. The molecule has 3 aromatic carbocycles. The molecule has 1 heterocycles. The average Bonchev–Trinajstić information content (AvgIpc) is 3.55. The molecule has 1 N–H and O–H groups in total. The second kappa shape index (κ2) is 17.8. The zero-order valence-corrected chi connectivity index (χ0v) is 29.8. The molecule has 2 atom stereocenters. The van der Waals surface area contributed by atoms with Crippen molar-refractivity contribution < 1.29 is 19.0 Å². The number of esters is 1. The molecule has 1 fully saturated rings. The zero-order chi connectivity index (χ0) is 34.6. The summed E-state index contributed by atoms with van der Waals surface area (Å²) < 4.78 is 18.9. The molecule has 1 saturated carbocycles. The molecule has 0 spiro atoms. The zero-order valence-electron chi connectivity index (χ0n) is 29.0. The van der Waals surface area contributed by atoms with Crippen LogP contribution >= 0.6 is 11.3 Å². The first-order chi connectivity index (χ1) is 23.9. The number of para-hydroxylation sites is 1. The number of ether oxygens (including phenoxy) is 3. The van der Waals surface area contributed by atoms with Crippen molar-refractivity contribution >= 4 is 44.6 Å². The minimum absolute atomic E-state index is 0.0745. The molecule has 2 unspecified atom stereocenters. The number of nitrogens with zero attached hydrogens (tertiary/aromatic N) is 2. The summed E-state index contributed by atoms with van der Waals surface area (Å²) in [5.41, 5.74) is 7.13.